The lowest BCUT2D eigenvalue weighted by Crippen LogP contribution is -2.15. The van der Waals surface area contributed by atoms with Gasteiger partial charge in [0.15, 0.2) is 5.78 Å². The number of benzene rings is 3. The number of hydrogen-bond donors (Lipinski definition) is 1. The number of H-pyrrole nitrogens is 1. The van der Waals surface area contributed by atoms with Crippen molar-refractivity contribution in [3.8, 4) is 22.4 Å². The zero-order valence-corrected chi connectivity index (χ0v) is 20.7. The Balaban J connectivity index is 2.08. The monoisotopic (exact) mass is 504 g/mol. The Bertz CT molecular complexity index is 1410. The summed E-state index contributed by atoms with van der Waals surface area (Å²) in [7, 11) is -3.87. The van der Waals surface area contributed by atoms with Gasteiger partial charge in [0.25, 0.3) is 5.69 Å². The van der Waals surface area contributed by atoms with Crippen LogP contribution in [0.2, 0.25) is 0 Å². The second kappa shape index (κ2) is 10.8. The Morgan fingerprint density at radius 2 is 1.42 bits per heavy atom. The van der Waals surface area contributed by atoms with Gasteiger partial charge in [-0.05, 0) is 37.1 Å². The van der Waals surface area contributed by atoms with Crippen LogP contribution in [0.4, 0.5) is 5.69 Å². The summed E-state index contributed by atoms with van der Waals surface area (Å²) in [5, 5.41) is 11.2. The summed E-state index contributed by atoms with van der Waals surface area (Å²) in [6, 6.07) is 23.7. The van der Waals surface area contributed by atoms with Gasteiger partial charge in [-0.3, -0.25) is 19.5 Å². The molecule has 0 saturated heterocycles. The van der Waals surface area contributed by atoms with Crippen LogP contribution in [0.15, 0.2) is 84.9 Å². The first-order valence-corrected chi connectivity index (χ1v) is 13.0. The Morgan fingerprint density at radius 1 is 0.861 bits per heavy atom. The highest BCUT2D eigenvalue weighted by atomic mass is 31.2. The van der Waals surface area contributed by atoms with E-state index in [9.17, 15) is 19.5 Å². The van der Waals surface area contributed by atoms with Gasteiger partial charge in [0.2, 0.25) is 0 Å². The number of aromatic nitrogens is 1. The molecule has 1 N–H and O–H groups in total. The van der Waals surface area contributed by atoms with E-state index in [4.69, 9.17) is 9.05 Å². The predicted molar refractivity (Wildman–Crippen MR) is 139 cm³/mol. The quantitative estimate of drug-likeness (QED) is 0.116. The second-order valence-electron chi connectivity index (χ2n) is 7.80. The molecule has 0 bridgehead atoms. The smallest absolute Gasteiger partial charge is 0.347 e. The van der Waals surface area contributed by atoms with Crippen LogP contribution >= 0.6 is 7.60 Å². The molecule has 0 fully saturated rings. The van der Waals surface area contributed by atoms with Crippen LogP contribution in [0.1, 0.15) is 29.8 Å². The number of nitro groups is 1. The van der Waals surface area contributed by atoms with Gasteiger partial charge in [0.1, 0.15) is 5.44 Å². The Kier molecular flexibility index (Phi) is 7.60. The summed E-state index contributed by atoms with van der Waals surface area (Å²) < 4.78 is 25.4. The maximum absolute atomic E-state index is 14.0. The molecule has 3 aromatic carbocycles. The minimum atomic E-state index is -3.87. The first-order valence-electron chi connectivity index (χ1n) is 11.4. The number of hydrogen-bond acceptors (Lipinski definition) is 6. The van der Waals surface area contributed by atoms with Crippen LogP contribution in [0.5, 0.6) is 0 Å². The van der Waals surface area contributed by atoms with Crippen molar-refractivity contribution >= 4 is 24.5 Å². The van der Waals surface area contributed by atoms with Gasteiger partial charge in [0.05, 0.1) is 29.4 Å². The van der Waals surface area contributed by atoms with E-state index in [1.807, 2.05) is 36.4 Å². The van der Waals surface area contributed by atoms with Crippen molar-refractivity contribution in [2.75, 3.05) is 13.2 Å². The van der Waals surface area contributed by atoms with E-state index >= 15 is 0 Å². The summed E-state index contributed by atoms with van der Waals surface area (Å²) in [6.45, 7) is 3.67. The molecule has 4 aromatic rings. The van der Waals surface area contributed by atoms with E-state index in [0.717, 1.165) is 0 Å². The number of nitro benzene ring substituents is 1. The molecule has 0 unspecified atom stereocenters. The normalized spacial score (nSPS) is 11.4. The van der Waals surface area contributed by atoms with Gasteiger partial charge < -0.3 is 14.0 Å². The largest absolute Gasteiger partial charge is 0.378 e. The standard InChI is InChI=1S/C27H25N2O6P/c1-3-34-36(33,35-4-2)27-23(19-11-7-5-8-12-19)24(26(30)21-13-9-6-10-14-21)25(28-27)20-15-17-22(18-16-20)29(31)32/h5-18,28H,3-4H2,1-2H3. The van der Waals surface area contributed by atoms with Gasteiger partial charge in [-0.15, -0.1) is 0 Å². The van der Waals surface area contributed by atoms with Gasteiger partial charge in [-0.25, -0.2) is 0 Å². The molecule has 0 spiro atoms. The lowest BCUT2D eigenvalue weighted by Gasteiger charge is -2.18. The summed E-state index contributed by atoms with van der Waals surface area (Å²) in [4.78, 5) is 27.8. The molecule has 4 rings (SSSR count). The molecular weight excluding hydrogens is 479 g/mol. The minimum Gasteiger partial charge on any atom is -0.347 e. The Morgan fingerprint density at radius 3 is 1.94 bits per heavy atom. The maximum Gasteiger partial charge on any atom is 0.378 e. The van der Waals surface area contributed by atoms with E-state index < -0.39 is 12.5 Å². The molecule has 0 saturated carbocycles. The van der Waals surface area contributed by atoms with E-state index in [1.165, 1.54) is 12.1 Å². The Hall–Kier alpha value is -3.84. The number of carbonyl (C=O) groups excluding carboxylic acids is 1. The molecule has 1 aromatic heterocycles. The first kappa shape index (κ1) is 25.3. The SMILES string of the molecule is CCOP(=O)(OCC)c1[nH]c(-c2ccc([N+](=O)[O-])cc2)c(C(=O)c2ccccc2)c1-c1ccccc1. The lowest BCUT2D eigenvalue weighted by molar-refractivity contribution is -0.384. The molecule has 36 heavy (non-hydrogen) atoms. The van der Waals surface area contributed by atoms with E-state index in [2.05, 4.69) is 4.98 Å². The predicted octanol–water partition coefficient (Wildman–Crippen LogP) is 6.38. The fourth-order valence-electron chi connectivity index (χ4n) is 4.01. The number of carbonyl (C=O) groups is 1. The Labute approximate surface area is 208 Å². The van der Waals surface area contributed by atoms with Crippen molar-refractivity contribution in [3.63, 3.8) is 0 Å². The molecule has 184 valence electrons. The van der Waals surface area contributed by atoms with Gasteiger partial charge in [0, 0.05) is 23.3 Å². The molecule has 8 nitrogen and oxygen atoms in total. The van der Waals surface area contributed by atoms with Crippen molar-refractivity contribution in [1.82, 2.24) is 4.98 Å². The molecule has 0 aliphatic rings. The zero-order chi connectivity index (χ0) is 25.7. The molecule has 1 heterocycles. The average Bonchev–Trinajstić information content (AvgIpc) is 3.31. The van der Waals surface area contributed by atoms with Crippen LogP contribution in [0.3, 0.4) is 0 Å². The third kappa shape index (κ3) is 4.93. The number of nitrogens with one attached hydrogen (secondary N) is 1. The lowest BCUT2D eigenvalue weighted by atomic mass is 9.93. The van der Waals surface area contributed by atoms with Crippen LogP contribution in [-0.2, 0) is 13.6 Å². The number of nitrogens with zero attached hydrogens (tertiary/aromatic N) is 1. The van der Waals surface area contributed by atoms with Crippen LogP contribution in [-0.4, -0.2) is 28.9 Å². The van der Waals surface area contributed by atoms with Crippen molar-refractivity contribution in [1.29, 1.82) is 0 Å². The fourth-order valence-corrected chi connectivity index (χ4v) is 5.79. The van der Waals surface area contributed by atoms with Crippen LogP contribution in [0, 0.1) is 10.1 Å². The summed E-state index contributed by atoms with van der Waals surface area (Å²) in [5.74, 6) is -0.301. The van der Waals surface area contributed by atoms with Gasteiger partial charge in [-0.1, -0.05) is 60.7 Å². The molecule has 0 atom stereocenters. The average molecular weight is 504 g/mol. The van der Waals surface area contributed by atoms with Crippen LogP contribution in [0.25, 0.3) is 22.4 Å². The second-order valence-corrected chi connectivity index (χ2v) is 9.76. The van der Waals surface area contributed by atoms with E-state index in [-0.39, 0.29) is 35.7 Å². The summed E-state index contributed by atoms with van der Waals surface area (Å²) in [5.41, 5.74) is 2.72. The fraction of sp³-hybridized carbons (Fsp3) is 0.148. The highest BCUT2D eigenvalue weighted by Gasteiger charge is 2.37. The zero-order valence-electron chi connectivity index (χ0n) is 19.8. The molecule has 0 amide bonds. The summed E-state index contributed by atoms with van der Waals surface area (Å²) >= 11 is 0. The highest BCUT2D eigenvalue weighted by Crippen LogP contribution is 2.51. The van der Waals surface area contributed by atoms with Crippen molar-refractivity contribution in [2.24, 2.45) is 0 Å². The highest BCUT2D eigenvalue weighted by molar-refractivity contribution is 7.62. The molecule has 0 radical (unpaired) electrons. The van der Waals surface area contributed by atoms with E-state index in [1.54, 1.807) is 50.2 Å². The minimum absolute atomic E-state index is 0.0842. The third-order valence-corrected chi connectivity index (χ3v) is 7.62. The van der Waals surface area contributed by atoms with Gasteiger partial charge >= 0.3 is 7.60 Å². The number of rotatable bonds is 10. The molecular formula is C27H25N2O6P. The first-order chi connectivity index (χ1) is 17.4. The number of ketones is 1. The maximum atomic E-state index is 14.0. The summed E-state index contributed by atoms with van der Waals surface area (Å²) in [6.07, 6.45) is 0. The molecule has 0 aliphatic heterocycles. The van der Waals surface area contributed by atoms with Gasteiger partial charge in [-0.2, -0.15) is 0 Å². The van der Waals surface area contributed by atoms with Crippen molar-refractivity contribution < 1.29 is 23.3 Å². The molecule has 0 aliphatic carbocycles. The van der Waals surface area contributed by atoms with E-state index in [0.29, 0.717) is 27.9 Å². The third-order valence-electron chi connectivity index (χ3n) is 5.54. The topological polar surface area (TPSA) is 112 Å². The molecule has 9 heteroatoms. The van der Waals surface area contributed by atoms with Crippen molar-refractivity contribution in [3.05, 3.63) is 106 Å². The number of non-ortho nitro benzene ring substituents is 1. The van der Waals surface area contributed by atoms with Crippen LogP contribution < -0.4 is 5.44 Å². The number of aromatic amines is 1. The van der Waals surface area contributed by atoms with Crippen molar-refractivity contribution in [2.45, 2.75) is 13.8 Å².